The Balaban J connectivity index is 2.12. The summed E-state index contributed by atoms with van der Waals surface area (Å²) in [6, 6.07) is 7.98. The van der Waals surface area contributed by atoms with Gasteiger partial charge in [-0.1, -0.05) is 37.3 Å². The summed E-state index contributed by atoms with van der Waals surface area (Å²) in [7, 11) is 0. The molecule has 1 aliphatic heterocycles. The summed E-state index contributed by atoms with van der Waals surface area (Å²) in [4.78, 5) is 37.2. The zero-order valence-corrected chi connectivity index (χ0v) is 14.3. The lowest BCUT2D eigenvalue weighted by Gasteiger charge is -2.35. The van der Waals surface area contributed by atoms with Crippen LogP contribution in [-0.4, -0.2) is 44.3 Å². The summed E-state index contributed by atoms with van der Waals surface area (Å²) in [6.45, 7) is 5.36. The second-order valence-corrected chi connectivity index (χ2v) is 7.84. The Hall–Kier alpha value is -1.82. The van der Waals surface area contributed by atoms with Gasteiger partial charge in [0.25, 0.3) is 0 Å². The van der Waals surface area contributed by atoms with E-state index in [1.165, 1.54) is 16.7 Å². The highest BCUT2D eigenvalue weighted by molar-refractivity contribution is 8.00. The Labute approximate surface area is 140 Å². The van der Waals surface area contributed by atoms with Crippen molar-refractivity contribution in [3.63, 3.8) is 0 Å². The van der Waals surface area contributed by atoms with Crippen LogP contribution in [0.25, 0.3) is 0 Å². The average Bonchev–Trinajstić information content (AvgIpc) is 2.82. The molecule has 6 heteroatoms. The van der Waals surface area contributed by atoms with Crippen molar-refractivity contribution in [2.75, 3.05) is 5.75 Å². The number of ketones is 1. The van der Waals surface area contributed by atoms with Gasteiger partial charge < -0.3 is 10.0 Å². The molecule has 2 rings (SSSR count). The number of carboxylic acids is 1. The number of aliphatic carboxylic acids is 1. The van der Waals surface area contributed by atoms with Gasteiger partial charge >= 0.3 is 5.97 Å². The van der Waals surface area contributed by atoms with Crippen molar-refractivity contribution in [3.05, 3.63) is 35.9 Å². The largest absolute Gasteiger partial charge is 0.480 e. The average molecular weight is 335 g/mol. The minimum Gasteiger partial charge on any atom is -0.480 e. The first-order valence-corrected chi connectivity index (χ1v) is 8.51. The number of carbonyl (C=O) groups is 3. The van der Waals surface area contributed by atoms with Gasteiger partial charge in [-0.05, 0) is 13.8 Å². The van der Waals surface area contributed by atoms with Crippen molar-refractivity contribution in [1.82, 2.24) is 4.90 Å². The number of Topliss-reactive ketones (excluding diaryl/α,β-unsaturated/α-hetero) is 1. The third kappa shape index (κ3) is 3.75. The van der Waals surface area contributed by atoms with Crippen LogP contribution in [0, 0.1) is 5.92 Å². The second-order valence-electron chi connectivity index (χ2n) is 6.21. The fourth-order valence-electron chi connectivity index (χ4n) is 2.75. The summed E-state index contributed by atoms with van der Waals surface area (Å²) in [5, 5.41) is 9.33. The second kappa shape index (κ2) is 6.74. The quantitative estimate of drug-likeness (QED) is 0.837. The van der Waals surface area contributed by atoms with Crippen molar-refractivity contribution in [2.24, 2.45) is 5.92 Å². The SMILES string of the molecule is C[C@H](CC(=O)c1ccccc1)C(=O)N1[C@H](C(=O)O)CSC1(C)C. The van der Waals surface area contributed by atoms with Gasteiger partial charge in [0.2, 0.25) is 5.91 Å². The Bertz CT molecular complexity index is 614. The van der Waals surface area contributed by atoms with Gasteiger partial charge in [-0.15, -0.1) is 11.8 Å². The number of carboxylic acid groups (broad SMARTS) is 1. The van der Waals surface area contributed by atoms with E-state index in [-0.39, 0.29) is 18.1 Å². The fourth-order valence-corrected chi connectivity index (χ4v) is 3.96. The molecule has 1 amide bonds. The molecule has 0 spiro atoms. The lowest BCUT2D eigenvalue weighted by Crippen LogP contribution is -2.51. The highest BCUT2D eigenvalue weighted by Crippen LogP contribution is 2.40. The molecule has 2 atom stereocenters. The molecule has 0 aliphatic carbocycles. The molecule has 0 aromatic heterocycles. The zero-order valence-electron chi connectivity index (χ0n) is 13.5. The minimum atomic E-state index is -1.00. The van der Waals surface area contributed by atoms with E-state index in [2.05, 4.69) is 0 Å². The summed E-state index contributed by atoms with van der Waals surface area (Å²) in [5.41, 5.74) is 0.567. The molecule has 0 radical (unpaired) electrons. The number of nitrogens with zero attached hydrogens (tertiary/aromatic N) is 1. The molecule has 1 aromatic rings. The van der Waals surface area contributed by atoms with Crippen molar-refractivity contribution >= 4 is 29.4 Å². The van der Waals surface area contributed by atoms with Crippen molar-refractivity contribution in [2.45, 2.75) is 38.1 Å². The standard InChI is InChI=1S/C17H21NO4S/c1-11(9-14(19)12-7-5-4-6-8-12)15(20)18-13(16(21)22)10-23-17(18,2)3/h4-8,11,13H,9-10H2,1-3H3,(H,21,22)/t11-,13+/m1/s1. The van der Waals surface area contributed by atoms with Crippen molar-refractivity contribution in [1.29, 1.82) is 0 Å². The highest BCUT2D eigenvalue weighted by Gasteiger charge is 2.47. The van der Waals surface area contributed by atoms with Crippen LogP contribution < -0.4 is 0 Å². The minimum absolute atomic E-state index is 0.0758. The number of hydrogen-bond acceptors (Lipinski definition) is 4. The number of carbonyl (C=O) groups excluding carboxylic acids is 2. The number of benzene rings is 1. The Morgan fingerprint density at radius 3 is 2.48 bits per heavy atom. The first-order chi connectivity index (χ1) is 10.7. The molecule has 1 aromatic carbocycles. The van der Waals surface area contributed by atoms with Crippen LogP contribution in [0.15, 0.2) is 30.3 Å². The van der Waals surface area contributed by atoms with Gasteiger partial charge in [-0.25, -0.2) is 4.79 Å². The van der Waals surface area contributed by atoms with E-state index in [4.69, 9.17) is 0 Å². The van der Waals surface area contributed by atoms with Gasteiger partial charge in [-0.2, -0.15) is 0 Å². The predicted molar refractivity (Wildman–Crippen MR) is 89.4 cm³/mol. The molecular weight excluding hydrogens is 314 g/mol. The third-order valence-electron chi connectivity index (χ3n) is 4.02. The van der Waals surface area contributed by atoms with Crippen LogP contribution in [0.5, 0.6) is 0 Å². The van der Waals surface area contributed by atoms with E-state index >= 15 is 0 Å². The van der Waals surface area contributed by atoms with E-state index < -0.39 is 22.8 Å². The normalized spacial score (nSPS) is 21.0. The highest BCUT2D eigenvalue weighted by atomic mass is 32.2. The number of rotatable bonds is 5. The zero-order chi connectivity index (χ0) is 17.2. The van der Waals surface area contributed by atoms with Crippen LogP contribution in [0.4, 0.5) is 0 Å². The van der Waals surface area contributed by atoms with Crippen LogP contribution >= 0.6 is 11.8 Å². The first kappa shape index (κ1) is 17.5. The number of thioether (sulfide) groups is 1. The van der Waals surface area contributed by atoms with Crippen molar-refractivity contribution in [3.8, 4) is 0 Å². The third-order valence-corrected chi connectivity index (χ3v) is 5.40. The molecule has 1 heterocycles. The molecule has 1 fully saturated rings. The van der Waals surface area contributed by atoms with Crippen LogP contribution in [0.1, 0.15) is 37.6 Å². The molecule has 23 heavy (non-hydrogen) atoms. The Morgan fingerprint density at radius 2 is 1.91 bits per heavy atom. The monoisotopic (exact) mass is 335 g/mol. The van der Waals surface area contributed by atoms with Crippen LogP contribution in [0.3, 0.4) is 0 Å². The number of amides is 1. The van der Waals surface area contributed by atoms with Gasteiger partial charge in [0, 0.05) is 23.7 Å². The van der Waals surface area contributed by atoms with Gasteiger partial charge in [0.15, 0.2) is 5.78 Å². The van der Waals surface area contributed by atoms with E-state index in [9.17, 15) is 19.5 Å². The van der Waals surface area contributed by atoms with Crippen LogP contribution in [-0.2, 0) is 9.59 Å². The molecule has 1 N–H and O–H groups in total. The van der Waals surface area contributed by atoms with E-state index in [0.29, 0.717) is 11.3 Å². The summed E-state index contributed by atoms with van der Waals surface area (Å²) in [6.07, 6.45) is 0.0758. The summed E-state index contributed by atoms with van der Waals surface area (Å²) >= 11 is 1.44. The number of hydrogen-bond donors (Lipinski definition) is 1. The maximum Gasteiger partial charge on any atom is 0.327 e. The Morgan fingerprint density at radius 1 is 1.30 bits per heavy atom. The maximum absolute atomic E-state index is 12.7. The molecule has 5 nitrogen and oxygen atoms in total. The maximum atomic E-state index is 12.7. The fraction of sp³-hybridized carbons (Fsp3) is 0.471. The lowest BCUT2D eigenvalue weighted by atomic mass is 9.97. The molecule has 0 saturated carbocycles. The molecule has 1 saturated heterocycles. The molecule has 0 bridgehead atoms. The Kier molecular flexibility index (Phi) is 5.14. The van der Waals surface area contributed by atoms with E-state index in [0.717, 1.165) is 0 Å². The topological polar surface area (TPSA) is 74.7 Å². The molecule has 0 unspecified atom stereocenters. The van der Waals surface area contributed by atoms with Crippen LogP contribution in [0.2, 0.25) is 0 Å². The van der Waals surface area contributed by atoms with E-state index in [1.807, 2.05) is 19.9 Å². The molecule has 1 aliphatic rings. The smallest absolute Gasteiger partial charge is 0.327 e. The van der Waals surface area contributed by atoms with Gasteiger partial charge in [0.1, 0.15) is 6.04 Å². The summed E-state index contributed by atoms with van der Waals surface area (Å²) in [5.74, 6) is -1.58. The first-order valence-electron chi connectivity index (χ1n) is 7.52. The molecule has 124 valence electrons. The predicted octanol–water partition coefficient (Wildman–Crippen LogP) is 2.66. The van der Waals surface area contributed by atoms with Gasteiger partial charge in [-0.3, -0.25) is 9.59 Å². The van der Waals surface area contributed by atoms with E-state index in [1.54, 1.807) is 31.2 Å². The van der Waals surface area contributed by atoms with Crippen molar-refractivity contribution < 1.29 is 19.5 Å². The summed E-state index contributed by atoms with van der Waals surface area (Å²) < 4.78 is 0. The molecular formula is C17H21NO4S. The lowest BCUT2D eigenvalue weighted by molar-refractivity contribution is -0.152. The van der Waals surface area contributed by atoms with Gasteiger partial charge in [0.05, 0.1) is 4.87 Å².